The van der Waals surface area contributed by atoms with Crippen molar-refractivity contribution in [1.82, 2.24) is 0 Å². The third kappa shape index (κ3) is 2.61. The fraction of sp³-hybridized carbons (Fsp3) is 0. The second-order valence-electron chi connectivity index (χ2n) is 1.80. The number of oxime groups is 1. The molecule has 0 aromatic heterocycles. The van der Waals surface area contributed by atoms with Crippen molar-refractivity contribution in [2.75, 3.05) is 0 Å². The molecule has 0 aliphatic carbocycles. The molecule has 0 unspecified atom stereocenters. The van der Waals surface area contributed by atoms with Crippen molar-refractivity contribution in [1.29, 1.82) is 0 Å². The molecule has 1 radical (unpaired) electrons. The van der Waals surface area contributed by atoms with Crippen molar-refractivity contribution < 1.29 is 27.1 Å². The molecule has 0 heterocycles. The van der Waals surface area contributed by atoms with E-state index in [-0.39, 0.29) is 22.5 Å². The van der Waals surface area contributed by atoms with E-state index in [1.54, 1.807) is 18.2 Å². The van der Waals surface area contributed by atoms with E-state index in [4.69, 9.17) is 10.3 Å². The fourth-order valence-electron chi connectivity index (χ4n) is 0.659. The number of aromatic hydroxyl groups is 1. The van der Waals surface area contributed by atoms with Gasteiger partial charge in [0.2, 0.25) is 0 Å². The van der Waals surface area contributed by atoms with Gasteiger partial charge in [-0.05, 0) is 12.1 Å². The van der Waals surface area contributed by atoms with E-state index in [9.17, 15) is 0 Å². The van der Waals surface area contributed by atoms with Crippen LogP contribution in [0.15, 0.2) is 29.4 Å². The van der Waals surface area contributed by atoms with E-state index in [0.29, 0.717) is 5.56 Å². The second-order valence-corrected chi connectivity index (χ2v) is 1.80. The van der Waals surface area contributed by atoms with Gasteiger partial charge in [0.15, 0.2) is 0 Å². The Hall–Kier alpha value is -1.00. The van der Waals surface area contributed by atoms with Gasteiger partial charge in [-0.25, -0.2) is 0 Å². The number of nitrogens with zero attached hydrogens (tertiary/aromatic N) is 1. The van der Waals surface area contributed by atoms with E-state index >= 15 is 0 Å². The monoisotopic (exact) mass is 196 g/mol. The van der Waals surface area contributed by atoms with Crippen LogP contribution >= 0.6 is 0 Å². The van der Waals surface area contributed by atoms with Gasteiger partial charge >= 0.3 is 0 Å². The number of phenols is 1. The average Bonchev–Trinajstić information content (AvgIpc) is 1.94. The topological polar surface area (TPSA) is 52.8 Å². The van der Waals surface area contributed by atoms with Crippen LogP contribution in [0.2, 0.25) is 0 Å². The van der Waals surface area contributed by atoms with E-state index in [1.165, 1.54) is 12.3 Å². The summed E-state index contributed by atoms with van der Waals surface area (Å²) in [5, 5.41) is 19.9. The first-order chi connectivity index (χ1) is 4.84. The molecule has 0 fully saturated rings. The van der Waals surface area contributed by atoms with Gasteiger partial charge < -0.3 is 10.3 Å². The molecule has 61 valence electrons. The van der Waals surface area contributed by atoms with Gasteiger partial charge in [0.25, 0.3) is 0 Å². The quantitative estimate of drug-likeness (QED) is 0.402. The average molecular weight is 196 g/mol. The zero-order valence-electron chi connectivity index (χ0n) is 5.56. The van der Waals surface area contributed by atoms with Crippen LogP contribution in [0.1, 0.15) is 5.56 Å². The number of hydrogen-bond acceptors (Lipinski definition) is 3. The summed E-state index contributed by atoms with van der Waals surface area (Å²) in [6, 6.07) is 6.62. The van der Waals surface area contributed by atoms with Crippen molar-refractivity contribution in [3.63, 3.8) is 0 Å². The molecule has 11 heavy (non-hydrogen) atoms. The zero-order valence-corrected chi connectivity index (χ0v) is 6.60. The molecule has 0 amide bonds. The van der Waals surface area contributed by atoms with Crippen molar-refractivity contribution in [3.05, 3.63) is 29.8 Å². The van der Waals surface area contributed by atoms with Crippen molar-refractivity contribution in [3.8, 4) is 5.75 Å². The van der Waals surface area contributed by atoms with Crippen LogP contribution in [0.3, 0.4) is 0 Å². The van der Waals surface area contributed by atoms with Crippen LogP contribution < -0.4 is 0 Å². The van der Waals surface area contributed by atoms with E-state index in [2.05, 4.69) is 5.16 Å². The Morgan fingerprint density at radius 2 is 1.91 bits per heavy atom. The van der Waals surface area contributed by atoms with Gasteiger partial charge in [0.05, 0.1) is 6.21 Å². The maximum Gasteiger partial charge on any atom is 0.124 e. The molecule has 0 aliphatic rings. The Kier molecular flexibility index (Phi) is 4.32. The third-order valence-electron chi connectivity index (χ3n) is 1.13. The van der Waals surface area contributed by atoms with Crippen LogP contribution in [-0.4, -0.2) is 16.5 Å². The summed E-state index contributed by atoms with van der Waals surface area (Å²) < 4.78 is 0. The Bertz CT molecular complexity index is 250. The summed E-state index contributed by atoms with van der Waals surface area (Å²) in [5.41, 5.74) is 0.505. The Morgan fingerprint density at radius 1 is 1.27 bits per heavy atom. The second kappa shape index (κ2) is 4.76. The van der Waals surface area contributed by atoms with E-state index < -0.39 is 0 Å². The molecule has 1 rings (SSSR count). The molecule has 0 spiro atoms. The fourth-order valence-corrected chi connectivity index (χ4v) is 0.659. The van der Waals surface area contributed by atoms with Crippen LogP contribution in [0.5, 0.6) is 5.75 Å². The molecule has 0 atom stereocenters. The first-order valence-electron chi connectivity index (χ1n) is 2.80. The summed E-state index contributed by atoms with van der Waals surface area (Å²) in [7, 11) is 0. The van der Waals surface area contributed by atoms with Crippen LogP contribution in [0, 0.1) is 0 Å². The van der Waals surface area contributed by atoms with E-state index in [1.807, 2.05) is 0 Å². The molecule has 3 nitrogen and oxygen atoms in total. The molecule has 0 aliphatic heterocycles. The largest absolute Gasteiger partial charge is 0.507 e. The van der Waals surface area contributed by atoms with Gasteiger partial charge in [-0.1, -0.05) is 17.3 Å². The molecule has 1 aromatic rings. The Morgan fingerprint density at radius 3 is 2.45 bits per heavy atom. The van der Waals surface area contributed by atoms with Crippen molar-refractivity contribution >= 4 is 6.21 Å². The minimum absolute atomic E-state index is 0. The molecule has 0 bridgehead atoms. The van der Waals surface area contributed by atoms with Gasteiger partial charge in [-0.2, -0.15) is 0 Å². The molecule has 1 aromatic carbocycles. The SMILES string of the molecule is ON=Cc1ccccc1O.[Co]. The predicted molar refractivity (Wildman–Crippen MR) is 37.5 cm³/mol. The maximum atomic E-state index is 9.04. The number of hydrogen-bond donors (Lipinski definition) is 2. The predicted octanol–water partition coefficient (Wildman–Crippen LogP) is 1.20. The van der Waals surface area contributed by atoms with Crippen LogP contribution in [0.4, 0.5) is 0 Å². The Balaban J connectivity index is 0.000001000. The van der Waals surface area contributed by atoms with Crippen molar-refractivity contribution in [2.45, 2.75) is 0 Å². The molecular formula is C7H7CoNO2. The first kappa shape index (κ1) is 10.00. The molecule has 0 saturated heterocycles. The number of rotatable bonds is 1. The maximum absolute atomic E-state index is 9.04. The van der Waals surface area contributed by atoms with Gasteiger partial charge in [-0.15, -0.1) is 0 Å². The van der Waals surface area contributed by atoms with E-state index in [0.717, 1.165) is 0 Å². The minimum Gasteiger partial charge on any atom is -0.507 e. The summed E-state index contributed by atoms with van der Waals surface area (Å²) in [6.45, 7) is 0. The normalized spacial score (nSPS) is 9.45. The van der Waals surface area contributed by atoms with Crippen LogP contribution in [0.25, 0.3) is 0 Å². The summed E-state index contributed by atoms with van der Waals surface area (Å²) in [4.78, 5) is 0. The molecule has 2 N–H and O–H groups in total. The summed E-state index contributed by atoms with van der Waals surface area (Å²) >= 11 is 0. The zero-order chi connectivity index (χ0) is 7.40. The van der Waals surface area contributed by atoms with Crippen molar-refractivity contribution in [2.24, 2.45) is 5.16 Å². The summed E-state index contributed by atoms with van der Waals surface area (Å²) in [6.07, 6.45) is 1.18. The number of para-hydroxylation sites is 1. The third-order valence-corrected chi connectivity index (χ3v) is 1.13. The first-order valence-corrected chi connectivity index (χ1v) is 2.80. The molecular weight excluding hydrogens is 189 g/mol. The number of benzene rings is 1. The van der Waals surface area contributed by atoms with Crippen LogP contribution in [-0.2, 0) is 16.8 Å². The minimum atomic E-state index is 0. The standard InChI is InChI=1S/C7H7NO2.Co/c9-7-4-2-1-3-6(7)5-8-10;/h1-5,9-10H;. The Labute approximate surface area is 74.6 Å². The smallest absolute Gasteiger partial charge is 0.124 e. The summed E-state index contributed by atoms with van der Waals surface area (Å²) in [5.74, 6) is 0.111. The molecule has 0 saturated carbocycles. The number of phenolic OH excluding ortho intramolecular Hbond substituents is 1. The van der Waals surface area contributed by atoms with Gasteiger partial charge in [-0.3, -0.25) is 0 Å². The van der Waals surface area contributed by atoms with Gasteiger partial charge in [0, 0.05) is 22.3 Å². The van der Waals surface area contributed by atoms with Gasteiger partial charge in [0.1, 0.15) is 5.75 Å². The molecule has 4 heteroatoms.